The monoisotopic (exact) mass is 348 g/mol. The highest BCUT2D eigenvalue weighted by Crippen LogP contribution is 2.12. The molecule has 1 N–H and O–H groups in total. The third kappa shape index (κ3) is 7.88. The lowest BCUT2D eigenvalue weighted by Gasteiger charge is -2.33. The number of carbonyl (C=O) groups excluding carboxylic acids is 1. The number of benzene rings is 1. The van der Waals surface area contributed by atoms with Crippen LogP contribution in [-0.4, -0.2) is 56.3 Å². The van der Waals surface area contributed by atoms with Gasteiger partial charge in [0, 0.05) is 32.6 Å². The summed E-state index contributed by atoms with van der Waals surface area (Å²) in [6.07, 6.45) is 1.29. The van der Waals surface area contributed by atoms with Crippen molar-refractivity contribution in [3.05, 3.63) is 29.8 Å². The van der Waals surface area contributed by atoms with Crippen LogP contribution in [0.4, 0.5) is 0 Å². The maximum Gasteiger partial charge on any atom is 0.220 e. The molecule has 1 aliphatic rings. The number of hydrogen-bond donors (Lipinski definition) is 1. The summed E-state index contributed by atoms with van der Waals surface area (Å²) in [7, 11) is 0. The van der Waals surface area contributed by atoms with Gasteiger partial charge in [0.15, 0.2) is 0 Å². The Morgan fingerprint density at radius 3 is 3.04 bits per heavy atom. The van der Waals surface area contributed by atoms with Gasteiger partial charge in [0.25, 0.3) is 0 Å². The molecule has 5 nitrogen and oxygen atoms in total. The Morgan fingerprint density at radius 1 is 1.44 bits per heavy atom. The lowest BCUT2D eigenvalue weighted by atomic mass is 10.2. The summed E-state index contributed by atoms with van der Waals surface area (Å²) < 4.78 is 11.4. The molecular formula is C20H32N2O3. The fraction of sp³-hybridized carbons (Fsp3) is 0.650. The first-order chi connectivity index (χ1) is 12.0. The van der Waals surface area contributed by atoms with Crippen molar-refractivity contribution in [2.45, 2.75) is 39.7 Å². The third-order valence-corrected chi connectivity index (χ3v) is 4.18. The number of hydrogen-bond acceptors (Lipinski definition) is 4. The minimum absolute atomic E-state index is 0.0671. The zero-order valence-corrected chi connectivity index (χ0v) is 15.8. The zero-order valence-electron chi connectivity index (χ0n) is 15.8. The standard InChI is InChI=1S/C20H32N2O3/c1-16(2)14-22-9-11-25-19(15-22)13-21-20(23)8-5-10-24-18-7-4-6-17(3)12-18/h4,6-7,12,16,19H,5,8-11,13-15H2,1-3H3,(H,21,23). The average molecular weight is 348 g/mol. The highest BCUT2D eigenvalue weighted by Gasteiger charge is 2.21. The van der Waals surface area contributed by atoms with Crippen LogP contribution in [0.15, 0.2) is 24.3 Å². The van der Waals surface area contributed by atoms with Crippen molar-refractivity contribution in [2.75, 3.05) is 39.4 Å². The number of carbonyl (C=O) groups is 1. The number of nitrogens with zero attached hydrogens (tertiary/aromatic N) is 1. The first-order valence-electron chi connectivity index (χ1n) is 9.33. The quantitative estimate of drug-likeness (QED) is 0.697. The highest BCUT2D eigenvalue weighted by molar-refractivity contribution is 5.75. The Hall–Kier alpha value is -1.59. The second-order valence-electron chi connectivity index (χ2n) is 7.22. The molecule has 1 aromatic carbocycles. The van der Waals surface area contributed by atoms with E-state index >= 15 is 0 Å². The maximum atomic E-state index is 12.0. The van der Waals surface area contributed by atoms with E-state index in [1.54, 1.807) is 0 Å². The minimum Gasteiger partial charge on any atom is -0.494 e. The van der Waals surface area contributed by atoms with Crippen LogP contribution in [0.5, 0.6) is 5.75 Å². The average Bonchev–Trinajstić information content (AvgIpc) is 2.57. The smallest absolute Gasteiger partial charge is 0.220 e. The van der Waals surface area contributed by atoms with Gasteiger partial charge in [0.05, 0.1) is 19.3 Å². The Balaban J connectivity index is 1.57. The number of nitrogens with one attached hydrogen (secondary N) is 1. The topological polar surface area (TPSA) is 50.8 Å². The predicted octanol–water partition coefficient (Wildman–Crippen LogP) is 2.63. The van der Waals surface area contributed by atoms with Crippen molar-refractivity contribution in [1.82, 2.24) is 10.2 Å². The van der Waals surface area contributed by atoms with Crippen molar-refractivity contribution < 1.29 is 14.3 Å². The number of aryl methyl sites for hydroxylation is 1. The van der Waals surface area contributed by atoms with Crippen molar-refractivity contribution in [3.63, 3.8) is 0 Å². The van der Waals surface area contributed by atoms with Crippen molar-refractivity contribution >= 4 is 5.91 Å². The van der Waals surface area contributed by atoms with Gasteiger partial charge in [-0.2, -0.15) is 0 Å². The Bertz CT molecular complexity index is 533. The SMILES string of the molecule is Cc1cccc(OCCCC(=O)NCC2CN(CC(C)C)CCO2)c1. The molecule has 0 bridgehead atoms. The van der Waals surface area contributed by atoms with E-state index in [9.17, 15) is 4.79 Å². The first kappa shape index (κ1) is 19.7. The fourth-order valence-electron chi connectivity index (χ4n) is 3.03. The number of ether oxygens (including phenoxy) is 2. The van der Waals surface area contributed by atoms with Crippen molar-refractivity contribution in [2.24, 2.45) is 5.92 Å². The van der Waals surface area contributed by atoms with Gasteiger partial charge in [0.2, 0.25) is 5.91 Å². The molecule has 5 heteroatoms. The van der Waals surface area contributed by atoms with Gasteiger partial charge in [-0.15, -0.1) is 0 Å². The van der Waals surface area contributed by atoms with Crippen molar-refractivity contribution in [1.29, 1.82) is 0 Å². The molecule has 1 aromatic rings. The summed E-state index contributed by atoms with van der Waals surface area (Å²) in [6.45, 7) is 11.4. The second-order valence-corrected chi connectivity index (χ2v) is 7.22. The lowest BCUT2D eigenvalue weighted by Crippen LogP contribution is -2.48. The van der Waals surface area contributed by atoms with Crippen LogP contribution in [0.3, 0.4) is 0 Å². The summed E-state index contributed by atoms with van der Waals surface area (Å²) in [6, 6.07) is 7.96. The summed E-state index contributed by atoms with van der Waals surface area (Å²) >= 11 is 0. The first-order valence-corrected chi connectivity index (χ1v) is 9.33. The largest absolute Gasteiger partial charge is 0.494 e. The van der Waals surface area contributed by atoms with Gasteiger partial charge in [-0.3, -0.25) is 9.69 Å². The normalized spacial score (nSPS) is 18.3. The van der Waals surface area contributed by atoms with Crippen LogP contribution < -0.4 is 10.1 Å². The molecule has 1 amide bonds. The molecule has 140 valence electrons. The van der Waals surface area contributed by atoms with E-state index in [0.717, 1.165) is 32.0 Å². The molecular weight excluding hydrogens is 316 g/mol. The van der Waals surface area contributed by atoms with Gasteiger partial charge in [0.1, 0.15) is 5.75 Å². The van der Waals surface area contributed by atoms with Crippen LogP contribution in [-0.2, 0) is 9.53 Å². The zero-order chi connectivity index (χ0) is 18.1. The van der Waals surface area contributed by atoms with E-state index in [-0.39, 0.29) is 12.0 Å². The Labute approximate surface area is 151 Å². The maximum absolute atomic E-state index is 12.0. The van der Waals surface area contributed by atoms with Crippen LogP contribution in [0.25, 0.3) is 0 Å². The molecule has 25 heavy (non-hydrogen) atoms. The molecule has 0 spiro atoms. The molecule has 2 rings (SSSR count). The Kier molecular flexibility index (Phi) is 8.22. The summed E-state index contributed by atoms with van der Waals surface area (Å²) in [5.41, 5.74) is 1.18. The molecule has 1 heterocycles. The molecule has 0 saturated carbocycles. The lowest BCUT2D eigenvalue weighted by molar-refractivity contribution is -0.122. The number of rotatable bonds is 9. The molecule has 1 saturated heterocycles. The van der Waals surface area contributed by atoms with E-state index in [1.807, 2.05) is 31.2 Å². The summed E-state index contributed by atoms with van der Waals surface area (Å²) in [5.74, 6) is 1.58. The van der Waals surface area contributed by atoms with Crippen molar-refractivity contribution in [3.8, 4) is 5.75 Å². The van der Waals surface area contributed by atoms with E-state index in [0.29, 0.717) is 31.9 Å². The fourth-order valence-corrected chi connectivity index (χ4v) is 3.03. The molecule has 0 aromatic heterocycles. The third-order valence-electron chi connectivity index (χ3n) is 4.18. The number of morpholine rings is 1. The molecule has 1 unspecified atom stereocenters. The van der Waals surface area contributed by atoms with E-state index in [2.05, 4.69) is 24.1 Å². The molecule has 1 aliphatic heterocycles. The summed E-state index contributed by atoms with van der Waals surface area (Å²) in [4.78, 5) is 14.4. The highest BCUT2D eigenvalue weighted by atomic mass is 16.5. The minimum atomic E-state index is 0.0671. The molecule has 0 aliphatic carbocycles. The van der Waals surface area contributed by atoms with Crippen LogP contribution >= 0.6 is 0 Å². The van der Waals surface area contributed by atoms with Gasteiger partial charge in [-0.1, -0.05) is 26.0 Å². The molecule has 0 radical (unpaired) electrons. The van der Waals surface area contributed by atoms with E-state index in [4.69, 9.17) is 9.47 Å². The second kappa shape index (κ2) is 10.4. The van der Waals surface area contributed by atoms with E-state index < -0.39 is 0 Å². The Morgan fingerprint density at radius 2 is 2.28 bits per heavy atom. The van der Waals surface area contributed by atoms with Gasteiger partial charge in [-0.25, -0.2) is 0 Å². The van der Waals surface area contributed by atoms with Crippen LogP contribution in [0, 0.1) is 12.8 Å². The molecule has 1 atom stereocenters. The number of amides is 1. The van der Waals surface area contributed by atoms with E-state index in [1.165, 1.54) is 5.56 Å². The summed E-state index contributed by atoms with van der Waals surface area (Å²) in [5, 5.41) is 2.99. The van der Waals surface area contributed by atoms with Crippen LogP contribution in [0.2, 0.25) is 0 Å². The predicted molar refractivity (Wildman–Crippen MR) is 99.9 cm³/mol. The van der Waals surface area contributed by atoms with Gasteiger partial charge >= 0.3 is 0 Å². The molecule has 1 fully saturated rings. The van der Waals surface area contributed by atoms with Crippen LogP contribution in [0.1, 0.15) is 32.3 Å². The van der Waals surface area contributed by atoms with Gasteiger partial charge < -0.3 is 14.8 Å². The van der Waals surface area contributed by atoms with Gasteiger partial charge in [-0.05, 0) is 37.0 Å².